The van der Waals surface area contributed by atoms with E-state index < -0.39 is 17.4 Å². The van der Waals surface area contributed by atoms with E-state index in [-0.39, 0.29) is 23.8 Å². The van der Waals surface area contributed by atoms with Gasteiger partial charge in [-0.15, -0.1) is 0 Å². The highest BCUT2D eigenvalue weighted by Gasteiger charge is 2.19. The van der Waals surface area contributed by atoms with Crippen LogP contribution in [0.5, 0.6) is 11.5 Å². The lowest BCUT2D eigenvalue weighted by molar-refractivity contribution is 0.360. The van der Waals surface area contributed by atoms with E-state index in [0.717, 1.165) is 0 Å². The fourth-order valence-corrected chi connectivity index (χ4v) is 1.37. The van der Waals surface area contributed by atoms with E-state index in [1.54, 1.807) is 6.92 Å². The van der Waals surface area contributed by atoms with E-state index in [1.165, 1.54) is 7.11 Å². The van der Waals surface area contributed by atoms with E-state index in [4.69, 9.17) is 10.5 Å². The van der Waals surface area contributed by atoms with E-state index in [1.807, 2.05) is 0 Å². The first-order valence-electron chi connectivity index (χ1n) is 4.46. The van der Waals surface area contributed by atoms with Crippen LogP contribution in [0.2, 0.25) is 0 Å². The van der Waals surface area contributed by atoms with Crippen molar-refractivity contribution in [3.63, 3.8) is 0 Å². The number of rotatable bonds is 3. The Morgan fingerprint density at radius 3 is 2.53 bits per heavy atom. The molecular formula is C10H13F2NO2. The third kappa shape index (κ3) is 2.36. The first-order chi connectivity index (χ1) is 6.97. The zero-order valence-corrected chi connectivity index (χ0v) is 8.55. The molecule has 0 radical (unpaired) electrons. The molecule has 1 aromatic rings. The van der Waals surface area contributed by atoms with Crippen molar-refractivity contribution in [1.29, 1.82) is 0 Å². The van der Waals surface area contributed by atoms with Gasteiger partial charge in [0.1, 0.15) is 0 Å². The van der Waals surface area contributed by atoms with Crippen molar-refractivity contribution in [2.75, 3.05) is 7.11 Å². The van der Waals surface area contributed by atoms with E-state index in [9.17, 15) is 13.9 Å². The van der Waals surface area contributed by atoms with Gasteiger partial charge in [-0.3, -0.25) is 0 Å². The molecule has 0 heterocycles. The number of hydrogen-bond acceptors (Lipinski definition) is 3. The van der Waals surface area contributed by atoms with Crippen molar-refractivity contribution in [2.24, 2.45) is 5.73 Å². The third-order valence-corrected chi connectivity index (χ3v) is 1.99. The average Bonchev–Trinajstić information content (AvgIpc) is 2.13. The number of methoxy groups -OCH3 is 1. The largest absolute Gasteiger partial charge is 0.505 e. The van der Waals surface area contributed by atoms with Crippen LogP contribution in [0.3, 0.4) is 0 Å². The van der Waals surface area contributed by atoms with Crippen LogP contribution in [-0.2, 0) is 6.42 Å². The first kappa shape index (κ1) is 11.7. The number of benzene rings is 1. The second kappa shape index (κ2) is 4.44. The number of nitrogens with two attached hydrogens (primary N) is 1. The summed E-state index contributed by atoms with van der Waals surface area (Å²) in [5, 5.41) is 9.41. The van der Waals surface area contributed by atoms with Crippen LogP contribution in [0.4, 0.5) is 8.78 Å². The smallest absolute Gasteiger partial charge is 0.168 e. The lowest BCUT2D eigenvalue weighted by Gasteiger charge is -2.13. The van der Waals surface area contributed by atoms with Crippen molar-refractivity contribution in [2.45, 2.75) is 19.4 Å². The van der Waals surface area contributed by atoms with Gasteiger partial charge in [-0.25, -0.2) is 8.78 Å². The van der Waals surface area contributed by atoms with Crippen molar-refractivity contribution < 1.29 is 18.6 Å². The summed E-state index contributed by atoms with van der Waals surface area (Å²) in [7, 11) is 1.25. The predicted octanol–water partition coefficient (Wildman–Crippen LogP) is 1.57. The molecule has 3 N–H and O–H groups in total. The molecule has 0 aliphatic carbocycles. The molecule has 1 rings (SSSR count). The topological polar surface area (TPSA) is 55.5 Å². The maximum Gasteiger partial charge on any atom is 0.168 e. The Morgan fingerprint density at radius 1 is 1.47 bits per heavy atom. The maximum atomic E-state index is 13.2. The van der Waals surface area contributed by atoms with Crippen molar-refractivity contribution in [1.82, 2.24) is 0 Å². The summed E-state index contributed by atoms with van der Waals surface area (Å²) in [5.41, 5.74) is 5.57. The van der Waals surface area contributed by atoms with Crippen molar-refractivity contribution >= 4 is 0 Å². The van der Waals surface area contributed by atoms with Crippen LogP contribution in [0, 0.1) is 11.6 Å². The molecule has 15 heavy (non-hydrogen) atoms. The van der Waals surface area contributed by atoms with Gasteiger partial charge < -0.3 is 15.6 Å². The summed E-state index contributed by atoms with van der Waals surface area (Å²) < 4.78 is 31.0. The SMILES string of the molecule is COc1c(F)cc(F)c(O)c1CC(C)N. The minimum atomic E-state index is -1.01. The number of hydrogen-bond donors (Lipinski definition) is 2. The first-order valence-corrected chi connectivity index (χ1v) is 4.46. The van der Waals surface area contributed by atoms with Gasteiger partial charge in [0.05, 0.1) is 7.11 Å². The Bertz CT molecular complexity index is 367. The molecule has 84 valence electrons. The Balaban J connectivity index is 3.30. The number of ether oxygens (including phenoxy) is 1. The van der Waals surface area contributed by atoms with Gasteiger partial charge in [-0.2, -0.15) is 0 Å². The van der Waals surface area contributed by atoms with Crippen molar-refractivity contribution in [3.8, 4) is 11.5 Å². The summed E-state index contributed by atoms with van der Waals surface area (Å²) in [4.78, 5) is 0. The van der Waals surface area contributed by atoms with E-state index in [0.29, 0.717) is 6.07 Å². The lowest BCUT2D eigenvalue weighted by Crippen LogP contribution is -2.18. The quantitative estimate of drug-likeness (QED) is 0.808. The standard InChI is InChI=1S/C10H13F2NO2/c1-5(13)3-6-9(14)7(11)4-8(12)10(6)15-2/h4-5,14H,3,13H2,1-2H3. The minimum absolute atomic E-state index is 0.0602. The van der Waals surface area contributed by atoms with Gasteiger partial charge in [0.25, 0.3) is 0 Å². The van der Waals surface area contributed by atoms with Gasteiger partial charge in [0.15, 0.2) is 23.1 Å². The van der Waals surface area contributed by atoms with E-state index >= 15 is 0 Å². The summed E-state index contributed by atoms with van der Waals surface area (Å²) in [6.45, 7) is 1.67. The molecular weight excluding hydrogens is 204 g/mol. The van der Waals surface area contributed by atoms with Crippen LogP contribution in [0.25, 0.3) is 0 Å². The number of phenolic OH excluding ortho intramolecular Hbond substituents is 1. The molecule has 0 spiro atoms. The Labute approximate surface area is 86.5 Å². The summed E-state index contributed by atoms with van der Waals surface area (Å²) >= 11 is 0. The zero-order chi connectivity index (χ0) is 11.6. The molecule has 0 aromatic heterocycles. The summed E-state index contributed by atoms with van der Waals surface area (Å²) in [5.74, 6) is -2.62. The number of aromatic hydroxyl groups is 1. The van der Waals surface area contributed by atoms with E-state index in [2.05, 4.69) is 0 Å². The van der Waals surface area contributed by atoms with Gasteiger partial charge in [0.2, 0.25) is 0 Å². The summed E-state index contributed by atoms with van der Waals surface area (Å²) in [6, 6.07) is 0.254. The van der Waals surface area contributed by atoms with Crippen LogP contribution < -0.4 is 10.5 Å². The number of halogens is 2. The van der Waals surface area contributed by atoms with Gasteiger partial charge in [-0.1, -0.05) is 0 Å². The molecule has 0 saturated heterocycles. The molecule has 0 saturated carbocycles. The Hall–Kier alpha value is -1.36. The summed E-state index contributed by atoms with van der Waals surface area (Å²) in [6.07, 6.45) is 0.143. The predicted molar refractivity (Wildman–Crippen MR) is 51.9 cm³/mol. The van der Waals surface area contributed by atoms with Crippen LogP contribution in [-0.4, -0.2) is 18.3 Å². The molecule has 0 aliphatic heterocycles. The van der Waals surface area contributed by atoms with Gasteiger partial charge in [-0.05, 0) is 13.3 Å². The highest BCUT2D eigenvalue weighted by atomic mass is 19.1. The molecule has 1 unspecified atom stereocenters. The molecule has 1 atom stereocenters. The molecule has 0 amide bonds. The second-order valence-corrected chi connectivity index (χ2v) is 3.38. The molecule has 0 bridgehead atoms. The molecule has 1 aromatic carbocycles. The third-order valence-electron chi connectivity index (χ3n) is 1.99. The highest BCUT2D eigenvalue weighted by Crippen LogP contribution is 2.33. The van der Waals surface area contributed by atoms with Crippen LogP contribution in [0.15, 0.2) is 6.07 Å². The zero-order valence-electron chi connectivity index (χ0n) is 8.55. The second-order valence-electron chi connectivity index (χ2n) is 3.38. The Morgan fingerprint density at radius 2 is 2.07 bits per heavy atom. The molecule has 0 aliphatic rings. The number of phenols is 1. The minimum Gasteiger partial charge on any atom is -0.505 e. The normalized spacial score (nSPS) is 12.6. The van der Waals surface area contributed by atoms with Crippen LogP contribution in [0.1, 0.15) is 12.5 Å². The highest BCUT2D eigenvalue weighted by molar-refractivity contribution is 5.46. The average molecular weight is 217 g/mol. The molecule has 5 heteroatoms. The van der Waals surface area contributed by atoms with Gasteiger partial charge in [0, 0.05) is 17.7 Å². The monoisotopic (exact) mass is 217 g/mol. The molecule has 0 fully saturated rings. The Kier molecular flexibility index (Phi) is 3.47. The fourth-order valence-electron chi connectivity index (χ4n) is 1.37. The lowest BCUT2D eigenvalue weighted by atomic mass is 10.0. The molecule has 3 nitrogen and oxygen atoms in total. The fraction of sp³-hybridized carbons (Fsp3) is 0.400. The van der Waals surface area contributed by atoms with Gasteiger partial charge >= 0.3 is 0 Å². The maximum absolute atomic E-state index is 13.2. The van der Waals surface area contributed by atoms with Crippen molar-refractivity contribution in [3.05, 3.63) is 23.3 Å². The van der Waals surface area contributed by atoms with Crippen LogP contribution >= 0.6 is 0 Å².